The lowest BCUT2D eigenvalue weighted by Gasteiger charge is -2.10. The van der Waals surface area contributed by atoms with Gasteiger partial charge in [-0.2, -0.15) is 13.2 Å². The van der Waals surface area contributed by atoms with Crippen LogP contribution in [0, 0.1) is 0 Å². The summed E-state index contributed by atoms with van der Waals surface area (Å²) in [5.41, 5.74) is 1.40. The summed E-state index contributed by atoms with van der Waals surface area (Å²) < 4.78 is 46.4. The number of amides is 1. The van der Waals surface area contributed by atoms with Gasteiger partial charge in [-0.15, -0.1) is 0 Å². The minimum absolute atomic E-state index is 0.0699. The number of carbonyl (C=O) groups is 1. The summed E-state index contributed by atoms with van der Waals surface area (Å²) in [4.78, 5) is 16.1. The molecule has 0 unspecified atom stereocenters. The van der Waals surface area contributed by atoms with Gasteiger partial charge in [0, 0.05) is 30.6 Å². The molecule has 0 fully saturated rings. The molecule has 1 amide bonds. The summed E-state index contributed by atoms with van der Waals surface area (Å²) in [6, 6.07) is 11.0. The van der Waals surface area contributed by atoms with Crippen molar-refractivity contribution >= 4 is 5.91 Å². The van der Waals surface area contributed by atoms with Gasteiger partial charge in [0.15, 0.2) is 18.1 Å². The highest BCUT2D eigenvalue weighted by molar-refractivity contribution is 5.93. The molecule has 0 aliphatic rings. The largest absolute Gasteiger partial charge is 0.484 e. The fraction of sp³-hybridized carbons (Fsp3) is 0.167. The molecule has 0 atom stereocenters. The van der Waals surface area contributed by atoms with Crippen molar-refractivity contribution in [2.45, 2.75) is 12.7 Å². The Morgan fingerprint density at radius 1 is 1.15 bits per heavy atom. The minimum Gasteiger partial charge on any atom is -0.484 e. The van der Waals surface area contributed by atoms with E-state index in [1.165, 1.54) is 18.2 Å². The number of hydrogen-bond acceptors (Lipinski definition) is 5. The maximum Gasteiger partial charge on any atom is 0.422 e. The van der Waals surface area contributed by atoms with Gasteiger partial charge in [-0.1, -0.05) is 17.3 Å². The Morgan fingerprint density at radius 2 is 1.93 bits per heavy atom. The van der Waals surface area contributed by atoms with E-state index in [-0.39, 0.29) is 18.0 Å². The first kappa shape index (κ1) is 18.4. The minimum atomic E-state index is -4.41. The van der Waals surface area contributed by atoms with Crippen molar-refractivity contribution in [2.24, 2.45) is 0 Å². The molecule has 3 rings (SSSR count). The standard InChI is InChI=1S/C18H14F3N3O3/c19-18(20,21)11-26-14-3-1-2-12(8-14)10-23-17(25)15-9-16(27-24-15)13-4-6-22-7-5-13/h1-9H,10-11H2,(H,23,25). The third-order valence-corrected chi connectivity index (χ3v) is 3.46. The number of rotatable bonds is 6. The predicted molar refractivity (Wildman–Crippen MR) is 88.9 cm³/mol. The van der Waals surface area contributed by atoms with Gasteiger partial charge in [-0.25, -0.2) is 0 Å². The van der Waals surface area contributed by atoms with Gasteiger partial charge in [0.05, 0.1) is 0 Å². The van der Waals surface area contributed by atoms with Crippen molar-refractivity contribution in [3.8, 4) is 17.1 Å². The first-order valence-electron chi connectivity index (χ1n) is 7.84. The van der Waals surface area contributed by atoms with Crippen LogP contribution in [0.5, 0.6) is 5.75 Å². The lowest BCUT2D eigenvalue weighted by Crippen LogP contribution is -2.23. The Hall–Kier alpha value is -3.36. The summed E-state index contributed by atoms with van der Waals surface area (Å²) >= 11 is 0. The van der Waals surface area contributed by atoms with Crippen LogP contribution >= 0.6 is 0 Å². The first-order chi connectivity index (χ1) is 12.9. The molecule has 0 saturated heterocycles. The molecule has 1 N–H and O–H groups in total. The van der Waals surface area contributed by atoms with E-state index in [0.29, 0.717) is 11.3 Å². The molecule has 1 aromatic carbocycles. The molecule has 0 aliphatic heterocycles. The number of nitrogens with one attached hydrogen (secondary N) is 1. The summed E-state index contributed by atoms with van der Waals surface area (Å²) in [5.74, 6) is 0.0197. The van der Waals surface area contributed by atoms with E-state index in [9.17, 15) is 18.0 Å². The molecule has 0 saturated carbocycles. The molecule has 3 aromatic rings. The Labute approximate surface area is 152 Å². The summed E-state index contributed by atoms with van der Waals surface area (Å²) in [6.45, 7) is -1.28. The van der Waals surface area contributed by atoms with Crippen molar-refractivity contribution in [3.63, 3.8) is 0 Å². The maximum absolute atomic E-state index is 12.2. The molecule has 2 aromatic heterocycles. The Bertz CT molecular complexity index is 911. The van der Waals surface area contributed by atoms with E-state index < -0.39 is 18.7 Å². The zero-order chi connectivity index (χ0) is 19.3. The third-order valence-electron chi connectivity index (χ3n) is 3.46. The van der Waals surface area contributed by atoms with Crippen LogP contribution in [-0.4, -0.2) is 28.8 Å². The van der Waals surface area contributed by atoms with E-state index in [0.717, 1.165) is 5.56 Å². The number of aromatic nitrogens is 2. The van der Waals surface area contributed by atoms with E-state index in [2.05, 4.69) is 20.2 Å². The molecule has 0 spiro atoms. The van der Waals surface area contributed by atoms with Crippen LogP contribution in [0.3, 0.4) is 0 Å². The van der Waals surface area contributed by atoms with Crippen LogP contribution in [-0.2, 0) is 6.54 Å². The first-order valence-corrected chi connectivity index (χ1v) is 7.84. The average molecular weight is 377 g/mol. The van der Waals surface area contributed by atoms with Crippen molar-refractivity contribution in [2.75, 3.05) is 6.61 Å². The predicted octanol–water partition coefficient (Wildman–Crippen LogP) is 3.61. The fourth-order valence-electron chi connectivity index (χ4n) is 2.22. The molecular weight excluding hydrogens is 363 g/mol. The lowest BCUT2D eigenvalue weighted by molar-refractivity contribution is -0.153. The number of benzene rings is 1. The molecule has 2 heterocycles. The van der Waals surface area contributed by atoms with Gasteiger partial charge in [0.2, 0.25) is 0 Å². The normalized spacial score (nSPS) is 11.2. The van der Waals surface area contributed by atoms with E-state index >= 15 is 0 Å². The molecule has 140 valence electrons. The lowest BCUT2D eigenvalue weighted by atomic mass is 10.2. The summed E-state index contributed by atoms with van der Waals surface area (Å²) in [6.07, 6.45) is -1.24. The molecule has 6 nitrogen and oxygen atoms in total. The molecule has 0 aliphatic carbocycles. The molecule has 9 heteroatoms. The average Bonchev–Trinajstić information content (AvgIpc) is 3.15. The second-order valence-electron chi connectivity index (χ2n) is 5.55. The number of alkyl halides is 3. The van der Waals surface area contributed by atoms with Crippen molar-refractivity contribution in [3.05, 3.63) is 66.1 Å². The molecule has 0 radical (unpaired) electrons. The van der Waals surface area contributed by atoms with Crippen LogP contribution in [0.2, 0.25) is 0 Å². The number of halogens is 3. The maximum atomic E-state index is 12.2. The summed E-state index contributed by atoms with van der Waals surface area (Å²) in [7, 11) is 0. The third kappa shape index (κ3) is 5.30. The monoisotopic (exact) mass is 377 g/mol. The second kappa shape index (κ2) is 7.90. The zero-order valence-electron chi connectivity index (χ0n) is 13.9. The highest BCUT2D eigenvalue weighted by Gasteiger charge is 2.28. The highest BCUT2D eigenvalue weighted by Crippen LogP contribution is 2.20. The van der Waals surface area contributed by atoms with Crippen LogP contribution in [0.15, 0.2) is 59.4 Å². The van der Waals surface area contributed by atoms with E-state index in [1.54, 1.807) is 36.7 Å². The number of nitrogens with zero attached hydrogens (tertiary/aromatic N) is 2. The number of hydrogen-bond donors (Lipinski definition) is 1. The zero-order valence-corrected chi connectivity index (χ0v) is 13.9. The van der Waals surface area contributed by atoms with Crippen molar-refractivity contribution in [1.82, 2.24) is 15.5 Å². The second-order valence-corrected chi connectivity index (χ2v) is 5.55. The Kier molecular flexibility index (Phi) is 5.39. The molecular formula is C18H14F3N3O3. The van der Waals surface area contributed by atoms with Crippen molar-refractivity contribution < 1.29 is 27.2 Å². The van der Waals surface area contributed by atoms with Gasteiger partial charge >= 0.3 is 6.18 Å². The van der Waals surface area contributed by atoms with Crippen LogP contribution in [0.4, 0.5) is 13.2 Å². The van der Waals surface area contributed by atoms with Gasteiger partial charge in [0.25, 0.3) is 5.91 Å². The van der Waals surface area contributed by atoms with Gasteiger partial charge in [0.1, 0.15) is 5.75 Å². The number of ether oxygens (including phenoxy) is 1. The quantitative estimate of drug-likeness (QED) is 0.710. The van der Waals surface area contributed by atoms with E-state index in [4.69, 9.17) is 4.52 Å². The Balaban J connectivity index is 1.59. The van der Waals surface area contributed by atoms with Crippen molar-refractivity contribution in [1.29, 1.82) is 0 Å². The molecule has 27 heavy (non-hydrogen) atoms. The van der Waals surface area contributed by atoms with Gasteiger partial charge in [-0.3, -0.25) is 9.78 Å². The Morgan fingerprint density at radius 3 is 2.67 bits per heavy atom. The highest BCUT2D eigenvalue weighted by atomic mass is 19.4. The number of carbonyl (C=O) groups excluding carboxylic acids is 1. The topological polar surface area (TPSA) is 77.2 Å². The van der Waals surface area contributed by atoms with Crippen LogP contribution in [0.25, 0.3) is 11.3 Å². The molecule has 0 bridgehead atoms. The summed E-state index contributed by atoms with van der Waals surface area (Å²) in [5, 5.41) is 6.35. The number of pyridine rings is 1. The smallest absolute Gasteiger partial charge is 0.422 e. The van der Waals surface area contributed by atoms with E-state index in [1.807, 2.05) is 0 Å². The van der Waals surface area contributed by atoms with Gasteiger partial charge in [-0.05, 0) is 29.8 Å². The van der Waals surface area contributed by atoms with Gasteiger partial charge < -0.3 is 14.6 Å². The fourth-order valence-corrected chi connectivity index (χ4v) is 2.22. The van der Waals surface area contributed by atoms with Crippen LogP contribution < -0.4 is 10.1 Å². The SMILES string of the molecule is O=C(NCc1cccc(OCC(F)(F)F)c1)c1cc(-c2ccncc2)on1. The van der Waals surface area contributed by atoms with Crippen LogP contribution in [0.1, 0.15) is 16.1 Å².